The van der Waals surface area contributed by atoms with Gasteiger partial charge in [-0.1, -0.05) is 0 Å². The smallest absolute Gasteiger partial charge is 0.293 e. The molecule has 6 heteroatoms. The molecule has 1 aromatic heterocycles. The summed E-state index contributed by atoms with van der Waals surface area (Å²) in [5.41, 5.74) is -0.291. The number of amides is 1. The predicted octanol–water partition coefficient (Wildman–Crippen LogP) is 0.104. The molecule has 0 saturated carbocycles. The van der Waals surface area contributed by atoms with E-state index in [2.05, 4.69) is 0 Å². The molecule has 104 valence electrons. The summed E-state index contributed by atoms with van der Waals surface area (Å²) in [6.45, 7) is 1.30. The fourth-order valence-corrected chi connectivity index (χ4v) is 2.19. The van der Waals surface area contributed by atoms with E-state index in [1.165, 1.54) is 11.7 Å². The number of carbonyl (C=O) groups excluding carboxylic acids is 1. The number of likely N-dealkylation sites (tertiary alicyclic amines) is 1. The lowest BCUT2D eigenvalue weighted by Gasteiger charge is -2.17. The molecule has 0 N–H and O–H groups in total. The summed E-state index contributed by atoms with van der Waals surface area (Å²) >= 11 is 0. The van der Waals surface area contributed by atoms with E-state index in [1.54, 1.807) is 30.3 Å². The van der Waals surface area contributed by atoms with E-state index in [0.717, 1.165) is 6.42 Å². The monoisotopic (exact) mass is 266 g/mol. The van der Waals surface area contributed by atoms with Crippen LogP contribution in [0.5, 0.6) is 5.75 Å². The second-order valence-electron chi connectivity index (χ2n) is 4.50. The first-order valence-electron chi connectivity index (χ1n) is 6.19. The first kappa shape index (κ1) is 13.6. The predicted molar refractivity (Wildman–Crippen MR) is 69.2 cm³/mol. The lowest BCUT2D eigenvalue weighted by Crippen LogP contribution is -2.35. The van der Waals surface area contributed by atoms with Gasteiger partial charge in [0.25, 0.3) is 5.56 Å². The largest absolute Gasteiger partial charge is 0.491 e. The van der Waals surface area contributed by atoms with Crippen molar-refractivity contribution < 1.29 is 14.3 Å². The molecule has 0 radical (unpaired) electrons. The van der Waals surface area contributed by atoms with E-state index < -0.39 is 0 Å². The Morgan fingerprint density at radius 3 is 2.89 bits per heavy atom. The summed E-state index contributed by atoms with van der Waals surface area (Å²) in [7, 11) is 3.08. The van der Waals surface area contributed by atoms with E-state index in [4.69, 9.17) is 9.47 Å². The number of nitrogens with zero attached hydrogens (tertiary/aromatic N) is 2. The lowest BCUT2D eigenvalue weighted by molar-refractivity contribution is -0.131. The van der Waals surface area contributed by atoms with Crippen LogP contribution in [0.15, 0.2) is 23.1 Å². The number of ether oxygens (including phenoxy) is 2. The number of pyridine rings is 1. The molecule has 0 spiro atoms. The van der Waals surface area contributed by atoms with Crippen molar-refractivity contribution in [2.75, 3.05) is 27.3 Å². The third-order valence-electron chi connectivity index (χ3n) is 3.34. The minimum Gasteiger partial charge on any atom is -0.491 e. The van der Waals surface area contributed by atoms with Crippen LogP contribution in [0.3, 0.4) is 0 Å². The Labute approximate surface area is 111 Å². The van der Waals surface area contributed by atoms with Gasteiger partial charge in [-0.25, -0.2) is 0 Å². The normalized spacial score (nSPS) is 18.6. The summed E-state index contributed by atoms with van der Waals surface area (Å²) in [6.07, 6.45) is 2.54. The van der Waals surface area contributed by atoms with Gasteiger partial charge in [0.15, 0.2) is 5.75 Å². The van der Waals surface area contributed by atoms with Crippen LogP contribution in [0, 0.1) is 0 Å². The maximum absolute atomic E-state index is 12.1. The number of hydrogen-bond acceptors (Lipinski definition) is 4. The first-order chi connectivity index (χ1) is 9.15. The van der Waals surface area contributed by atoms with E-state index in [0.29, 0.717) is 13.1 Å². The van der Waals surface area contributed by atoms with Crippen molar-refractivity contribution in [1.82, 2.24) is 9.47 Å². The average molecular weight is 266 g/mol. The van der Waals surface area contributed by atoms with Gasteiger partial charge in [-0.05, 0) is 18.6 Å². The zero-order valence-corrected chi connectivity index (χ0v) is 11.2. The number of carbonyl (C=O) groups is 1. The van der Waals surface area contributed by atoms with Gasteiger partial charge < -0.3 is 18.9 Å². The maximum Gasteiger partial charge on any atom is 0.293 e. The Balaban J connectivity index is 2.06. The third-order valence-corrected chi connectivity index (χ3v) is 3.34. The van der Waals surface area contributed by atoms with Gasteiger partial charge in [0.2, 0.25) is 5.91 Å². The summed E-state index contributed by atoms with van der Waals surface area (Å²) in [6, 6.07) is 3.27. The molecule has 6 nitrogen and oxygen atoms in total. The Morgan fingerprint density at radius 1 is 1.47 bits per heavy atom. The first-order valence-corrected chi connectivity index (χ1v) is 6.19. The van der Waals surface area contributed by atoms with Crippen LogP contribution in [-0.4, -0.2) is 48.8 Å². The van der Waals surface area contributed by atoms with Crippen molar-refractivity contribution in [2.24, 2.45) is 0 Å². The van der Waals surface area contributed by atoms with E-state index >= 15 is 0 Å². The van der Waals surface area contributed by atoms with E-state index in [9.17, 15) is 9.59 Å². The van der Waals surface area contributed by atoms with Crippen LogP contribution in [-0.2, 0) is 16.1 Å². The minimum absolute atomic E-state index is 0.0342. The number of rotatable bonds is 4. The molecule has 1 fully saturated rings. The molecule has 1 unspecified atom stereocenters. The number of hydrogen-bond donors (Lipinski definition) is 0. The second kappa shape index (κ2) is 5.88. The number of methoxy groups -OCH3 is 2. The van der Waals surface area contributed by atoms with Crippen molar-refractivity contribution in [3.63, 3.8) is 0 Å². The third kappa shape index (κ3) is 2.96. The molecule has 1 atom stereocenters. The molecule has 2 heterocycles. The van der Waals surface area contributed by atoms with Crippen molar-refractivity contribution in [3.05, 3.63) is 28.7 Å². The topological polar surface area (TPSA) is 60.8 Å². The lowest BCUT2D eigenvalue weighted by atomic mass is 10.3. The molecule has 1 amide bonds. The van der Waals surface area contributed by atoms with Gasteiger partial charge in [-0.3, -0.25) is 9.59 Å². The molecule has 2 rings (SSSR count). The summed E-state index contributed by atoms with van der Waals surface area (Å²) in [5.74, 6) is 0.168. The molecule has 19 heavy (non-hydrogen) atoms. The standard InChI is InChI=1S/C13H18N2O4/c1-18-10-5-7-14(8-10)12(16)9-15-6-3-4-11(19-2)13(15)17/h3-4,6,10H,5,7-9H2,1-2H3. The zero-order chi connectivity index (χ0) is 13.8. The van der Waals surface area contributed by atoms with Crippen molar-refractivity contribution in [2.45, 2.75) is 19.1 Å². The highest BCUT2D eigenvalue weighted by Crippen LogP contribution is 2.12. The number of aromatic nitrogens is 1. The van der Waals surface area contributed by atoms with Gasteiger partial charge in [0.1, 0.15) is 6.54 Å². The van der Waals surface area contributed by atoms with E-state index in [1.807, 2.05) is 0 Å². The van der Waals surface area contributed by atoms with Crippen molar-refractivity contribution in [3.8, 4) is 5.75 Å². The fourth-order valence-electron chi connectivity index (χ4n) is 2.19. The molecule has 1 aliphatic rings. The van der Waals surface area contributed by atoms with Crippen molar-refractivity contribution >= 4 is 5.91 Å². The van der Waals surface area contributed by atoms with Gasteiger partial charge in [-0.15, -0.1) is 0 Å². The minimum atomic E-state index is -0.291. The van der Waals surface area contributed by atoms with Crippen molar-refractivity contribution in [1.29, 1.82) is 0 Å². The van der Waals surface area contributed by atoms with Crippen LogP contribution in [0.4, 0.5) is 0 Å². The van der Waals surface area contributed by atoms with Crippen LogP contribution in [0.2, 0.25) is 0 Å². The molecule has 1 aliphatic heterocycles. The zero-order valence-electron chi connectivity index (χ0n) is 11.2. The van der Waals surface area contributed by atoms with Crippen LogP contribution in [0.25, 0.3) is 0 Å². The molecule has 1 saturated heterocycles. The second-order valence-corrected chi connectivity index (χ2v) is 4.50. The fraction of sp³-hybridized carbons (Fsp3) is 0.538. The highest BCUT2D eigenvalue weighted by molar-refractivity contribution is 5.76. The van der Waals surface area contributed by atoms with E-state index in [-0.39, 0.29) is 29.9 Å². The van der Waals surface area contributed by atoms with Gasteiger partial charge in [-0.2, -0.15) is 0 Å². The Kier molecular flexibility index (Phi) is 4.21. The Bertz CT molecular complexity index is 512. The highest BCUT2D eigenvalue weighted by Gasteiger charge is 2.26. The quantitative estimate of drug-likeness (QED) is 0.775. The van der Waals surface area contributed by atoms with Gasteiger partial charge in [0, 0.05) is 26.4 Å². The SMILES string of the molecule is COc1cccn(CC(=O)N2CCC(OC)C2)c1=O. The molecular formula is C13H18N2O4. The highest BCUT2D eigenvalue weighted by atomic mass is 16.5. The van der Waals surface area contributed by atoms with Crippen LogP contribution >= 0.6 is 0 Å². The summed E-state index contributed by atoms with van der Waals surface area (Å²) in [5, 5.41) is 0. The summed E-state index contributed by atoms with van der Waals surface area (Å²) in [4.78, 5) is 25.7. The Hall–Kier alpha value is -1.82. The molecule has 0 bridgehead atoms. The van der Waals surface area contributed by atoms with Crippen LogP contribution < -0.4 is 10.3 Å². The molecule has 0 aliphatic carbocycles. The van der Waals surface area contributed by atoms with Gasteiger partial charge in [0.05, 0.1) is 13.2 Å². The molecular weight excluding hydrogens is 248 g/mol. The molecule has 1 aromatic rings. The van der Waals surface area contributed by atoms with Gasteiger partial charge >= 0.3 is 0 Å². The summed E-state index contributed by atoms with van der Waals surface area (Å²) < 4.78 is 11.5. The molecule has 0 aromatic carbocycles. The maximum atomic E-state index is 12.1. The average Bonchev–Trinajstić information content (AvgIpc) is 2.90. The Morgan fingerprint density at radius 2 is 2.26 bits per heavy atom. The van der Waals surface area contributed by atoms with Crippen LogP contribution in [0.1, 0.15) is 6.42 Å².